The van der Waals surface area contributed by atoms with Crippen LogP contribution in [0.2, 0.25) is 0 Å². The van der Waals surface area contributed by atoms with E-state index < -0.39 is 20.6 Å². The first-order valence-corrected chi connectivity index (χ1v) is 6.08. The van der Waals surface area contributed by atoms with Crippen LogP contribution in [0.4, 0.5) is 5.69 Å². The molecule has 1 aromatic carbocycles. The van der Waals surface area contributed by atoms with E-state index in [1.54, 1.807) is 0 Å². The largest absolute Gasteiger partial charge is 0.290 e. The number of hydrogen-bond acceptors (Lipinski definition) is 4. The van der Waals surface area contributed by atoms with Gasteiger partial charge >= 0.3 is 0 Å². The van der Waals surface area contributed by atoms with E-state index in [1.807, 2.05) is 0 Å². The molecule has 0 N–H and O–H groups in total. The molecule has 0 radical (unpaired) electrons. The molecule has 17 heavy (non-hydrogen) atoms. The number of benzene rings is 1. The maximum absolute atomic E-state index is 12.0. The van der Waals surface area contributed by atoms with Crippen molar-refractivity contribution < 1.29 is 13.3 Å². The molecule has 0 saturated carbocycles. The summed E-state index contributed by atoms with van der Waals surface area (Å²) in [4.78, 5) is 9.80. The van der Waals surface area contributed by atoms with Gasteiger partial charge in [0.05, 0.1) is 4.92 Å². The number of sulfonamides is 1. The van der Waals surface area contributed by atoms with E-state index in [4.69, 9.17) is 0 Å². The molecule has 0 spiro atoms. The molecule has 0 fully saturated rings. The Balaban J connectivity index is 3.71. The molecule has 0 aliphatic rings. The Morgan fingerprint density at radius 3 is 2.41 bits per heavy atom. The molecule has 7 heteroatoms. The van der Waals surface area contributed by atoms with Gasteiger partial charge in [0.2, 0.25) is 10.0 Å². The predicted octanol–water partition coefficient (Wildman–Crippen LogP) is 1.49. The van der Waals surface area contributed by atoms with Gasteiger partial charge in [-0.1, -0.05) is 24.8 Å². The third kappa shape index (κ3) is 2.34. The predicted molar refractivity (Wildman–Crippen MR) is 64.1 cm³/mol. The molecule has 0 aliphatic carbocycles. The number of nitro benzene ring substituents is 1. The Morgan fingerprint density at radius 2 is 2.00 bits per heavy atom. The molecule has 1 aromatic rings. The number of rotatable bonds is 4. The van der Waals surface area contributed by atoms with E-state index in [0.717, 1.165) is 10.4 Å². The van der Waals surface area contributed by atoms with Gasteiger partial charge in [-0.05, 0) is 0 Å². The van der Waals surface area contributed by atoms with Gasteiger partial charge in [0.25, 0.3) is 5.69 Å². The molecule has 1 rings (SSSR count). The summed E-state index contributed by atoms with van der Waals surface area (Å²) in [7, 11) is -1.24. The van der Waals surface area contributed by atoms with Gasteiger partial charge in [-0.25, -0.2) is 12.7 Å². The Kier molecular flexibility index (Phi) is 3.64. The molecule has 0 heterocycles. The Hall–Kier alpha value is -1.73. The fourth-order valence-corrected chi connectivity index (χ4v) is 2.53. The second-order valence-electron chi connectivity index (χ2n) is 3.44. The van der Waals surface area contributed by atoms with Crippen molar-refractivity contribution in [3.05, 3.63) is 40.5 Å². The molecule has 0 saturated heterocycles. The van der Waals surface area contributed by atoms with Crippen LogP contribution in [0.3, 0.4) is 0 Å². The summed E-state index contributed by atoms with van der Waals surface area (Å²) < 4.78 is 25.0. The van der Waals surface area contributed by atoms with E-state index in [-0.39, 0.29) is 10.5 Å². The van der Waals surface area contributed by atoms with E-state index in [0.29, 0.717) is 0 Å². The molecule has 0 unspecified atom stereocenters. The first kappa shape index (κ1) is 13.3. The number of nitrogens with zero attached hydrogens (tertiary/aromatic N) is 2. The van der Waals surface area contributed by atoms with Gasteiger partial charge in [0.1, 0.15) is 0 Å². The lowest BCUT2D eigenvalue weighted by Crippen LogP contribution is -2.24. The van der Waals surface area contributed by atoms with E-state index >= 15 is 0 Å². The fraction of sp³-hybridized carbons (Fsp3) is 0.200. The maximum atomic E-state index is 12.0. The minimum absolute atomic E-state index is 0.216. The summed E-state index contributed by atoms with van der Waals surface area (Å²) in [6.07, 6.45) is 1.28. The Labute approximate surface area is 99.4 Å². The first-order chi connectivity index (χ1) is 7.82. The average Bonchev–Trinajstić information content (AvgIpc) is 2.27. The molecule has 0 amide bonds. The van der Waals surface area contributed by atoms with Crippen molar-refractivity contribution in [3.63, 3.8) is 0 Å². The lowest BCUT2D eigenvalue weighted by molar-refractivity contribution is -0.387. The quantitative estimate of drug-likeness (QED) is 0.603. The summed E-state index contributed by atoms with van der Waals surface area (Å²) in [5.41, 5.74) is -0.232. The molecule has 0 atom stereocenters. The highest BCUT2D eigenvalue weighted by atomic mass is 32.2. The van der Waals surface area contributed by atoms with Crippen molar-refractivity contribution in [1.82, 2.24) is 4.31 Å². The summed E-state index contributed by atoms with van der Waals surface area (Å²) in [6.45, 7) is 3.46. The smallest absolute Gasteiger partial charge is 0.258 e. The first-order valence-electron chi connectivity index (χ1n) is 4.64. The van der Waals surface area contributed by atoms with Crippen molar-refractivity contribution in [2.24, 2.45) is 0 Å². The molecule has 0 aliphatic heterocycles. The van der Waals surface area contributed by atoms with Crippen LogP contribution in [-0.4, -0.2) is 31.7 Å². The van der Waals surface area contributed by atoms with E-state index in [9.17, 15) is 18.5 Å². The minimum Gasteiger partial charge on any atom is -0.258 e. The maximum Gasteiger partial charge on any atom is 0.290 e. The van der Waals surface area contributed by atoms with Crippen molar-refractivity contribution >= 4 is 21.8 Å². The number of hydrogen-bond donors (Lipinski definition) is 0. The second kappa shape index (κ2) is 4.64. The number of nitro groups is 1. The highest BCUT2D eigenvalue weighted by Crippen LogP contribution is 2.29. The van der Waals surface area contributed by atoms with Gasteiger partial charge < -0.3 is 0 Å². The zero-order chi connectivity index (χ0) is 13.2. The van der Waals surface area contributed by atoms with Crippen LogP contribution in [0.15, 0.2) is 29.7 Å². The fourth-order valence-electron chi connectivity index (χ4n) is 1.31. The normalized spacial score (nSPS) is 11.5. The van der Waals surface area contributed by atoms with Gasteiger partial charge in [-0.3, -0.25) is 10.1 Å². The molecule has 0 aromatic heterocycles. The lowest BCUT2D eigenvalue weighted by atomic mass is 10.2. The van der Waals surface area contributed by atoms with Crippen LogP contribution in [0, 0.1) is 10.1 Å². The third-order valence-electron chi connectivity index (χ3n) is 2.18. The molecule has 0 bridgehead atoms. The van der Waals surface area contributed by atoms with Crippen LogP contribution in [0.5, 0.6) is 0 Å². The van der Waals surface area contributed by atoms with Gasteiger partial charge in [0, 0.05) is 25.7 Å². The van der Waals surface area contributed by atoms with Crippen molar-refractivity contribution in [2.45, 2.75) is 4.90 Å². The van der Waals surface area contributed by atoms with Crippen molar-refractivity contribution in [3.8, 4) is 0 Å². The highest BCUT2D eigenvalue weighted by molar-refractivity contribution is 7.89. The molecular formula is C10H12N2O4S. The van der Waals surface area contributed by atoms with Crippen LogP contribution < -0.4 is 0 Å². The standard InChI is InChI=1S/C10H12N2O4S/c1-4-8-6-5-7-9(12(13)14)10(8)17(15,16)11(2)3/h4-7H,1H2,2-3H3. The Morgan fingerprint density at radius 1 is 1.41 bits per heavy atom. The molecule has 92 valence electrons. The highest BCUT2D eigenvalue weighted by Gasteiger charge is 2.29. The minimum atomic E-state index is -3.87. The van der Waals surface area contributed by atoms with Crippen LogP contribution in [0.25, 0.3) is 6.08 Å². The van der Waals surface area contributed by atoms with Crippen LogP contribution in [0.1, 0.15) is 5.56 Å². The topological polar surface area (TPSA) is 80.5 Å². The summed E-state index contributed by atoms with van der Waals surface area (Å²) in [5.74, 6) is 0. The molecule has 6 nitrogen and oxygen atoms in total. The third-order valence-corrected chi connectivity index (χ3v) is 4.10. The summed E-state index contributed by atoms with van der Waals surface area (Å²) in [6, 6.07) is 4.05. The lowest BCUT2D eigenvalue weighted by Gasteiger charge is -2.13. The average molecular weight is 256 g/mol. The van der Waals surface area contributed by atoms with Gasteiger partial charge in [0.15, 0.2) is 4.90 Å². The zero-order valence-electron chi connectivity index (χ0n) is 9.45. The molecular weight excluding hydrogens is 244 g/mol. The van der Waals surface area contributed by atoms with Gasteiger partial charge in [-0.15, -0.1) is 0 Å². The van der Waals surface area contributed by atoms with Crippen LogP contribution in [-0.2, 0) is 10.0 Å². The van der Waals surface area contributed by atoms with Gasteiger partial charge in [-0.2, -0.15) is 0 Å². The monoisotopic (exact) mass is 256 g/mol. The zero-order valence-corrected chi connectivity index (χ0v) is 10.3. The summed E-state index contributed by atoms with van der Waals surface area (Å²) in [5, 5.41) is 10.8. The SMILES string of the molecule is C=Cc1cccc([N+](=O)[O-])c1S(=O)(=O)N(C)C. The van der Waals surface area contributed by atoms with E-state index in [2.05, 4.69) is 6.58 Å². The second-order valence-corrected chi connectivity index (χ2v) is 5.53. The van der Waals surface area contributed by atoms with Crippen LogP contribution >= 0.6 is 0 Å². The van der Waals surface area contributed by atoms with Crippen molar-refractivity contribution in [1.29, 1.82) is 0 Å². The van der Waals surface area contributed by atoms with E-state index in [1.165, 1.54) is 32.3 Å². The summed E-state index contributed by atoms with van der Waals surface area (Å²) >= 11 is 0. The van der Waals surface area contributed by atoms with Crippen molar-refractivity contribution in [2.75, 3.05) is 14.1 Å². The Bertz CT molecular complexity index is 564.